The molecule has 0 heterocycles. The van der Waals surface area contributed by atoms with E-state index in [1.807, 2.05) is 24.3 Å². The van der Waals surface area contributed by atoms with Gasteiger partial charge in [-0.2, -0.15) is 0 Å². The predicted octanol–water partition coefficient (Wildman–Crippen LogP) is 4.52. The van der Waals surface area contributed by atoms with Gasteiger partial charge in [0.2, 0.25) is 5.91 Å². The molecular weight excluding hydrogens is 348 g/mol. The van der Waals surface area contributed by atoms with Gasteiger partial charge < -0.3 is 10.1 Å². The Morgan fingerprint density at radius 2 is 1.89 bits per heavy atom. The minimum absolute atomic E-state index is 0.0536. The molecule has 28 heavy (non-hydrogen) atoms. The van der Waals surface area contributed by atoms with Crippen LogP contribution in [-0.2, 0) is 11.3 Å². The molecule has 1 amide bonds. The largest absolute Gasteiger partial charge is 0.497 e. The van der Waals surface area contributed by atoms with Crippen LogP contribution in [0.1, 0.15) is 37.3 Å². The van der Waals surface area contributed by atoms with Gasteiger partial charge in [-0.1, -0.05) is 55.8 Å². The summed E-state index contributed by atoms with van der Waals surface area (Å²) in [6, 6.07) is 18.2. The third-order valence-electron chi connectivity index (χ3n) is 4.67. The second kappa shape index (κ2) is 12.7. The van der Waals surface area contributed by atoms with Crippen molar-refractivity contribution >= 4 is 12.0 Å². The summed E-state index contributed by atoms with van der Waals surface area (Å²) in [5, 5.41) is 2.95. The number of hydrogen-bond acceptors (Lipinski definition) is 3. The van der Waals surface area contributed by atoms with Crippen molar-refractivity contribution in [3.63, 3.8) is 0 Å². The van der Waals surface area contributed by atoms with E-state index in [4.69, 9.17) is 4.74 Å². The lowest BCUT2D eigenvalue weighted by molar-refractivity contribution is -0.116. The lowest BCUT2D eigenvalue weighted by atomic mass is 10.2. The monoisotopic (exact) mass is 380 g/mol. The van der Waals surface area contributed by atoms with Gasteiger partial charge in [-0.05, 0) is 55.3 Å². The minimum atomic E-state index is -0.0536. The van der Waals surface area contributed by atoms with Gasteiger partial charge in [0.15, 0.2) is 0 Å². The summed E-state index contributed by atoms with van der Waals surface area (Å²) in [6.07, 6.45) is 6.65. The Morgan fingerprint density at radius 3 is 2.64 bits per heavy atom. The second-order valence-corrected chi connectivity index (χ2v) is 6.82. The van der Waals surface area contributed by atoms with Crippen molar-refractivity contribution in [2.24, 2.45) is 0 Å². The fourth-order valence-electron chi connectivity index (χ4n) is 3.02. The van der Waals surface area contributed by atoms with Gasteiger partial charge in [0, 0.05) is 19.2 Å². The lowest BCUT2D eigenvalue weighted by Gasteiger charge is -2.20. The summed E-state index contributed by atoms with van der Waals surface area (Å²) >= 11 is 0. The number of rotatable bonds is 12. The molecule has 0 bridgehead atoms. The van der Waals surface area contributed by atoms with Gasteiger partial charge in [-0.15, -0.1) is 0 Å². The molecule has 2 aromatic rings. The number of unbranched alkanes of at least 4 members (excludes halogenated alkanes) is 2. The van der Waals surface area contributed by atoms with Crippen LogP contribution in [0.2, 0.25) is 0 Å². The molecule has 0 aliphatic heterocycles. The maximum Gasteiger partial charge on any atom is 0.243 e. The Bertz CT molecular complexity index is 728. The zero-order valence-electron chi connectivity index (χ0n) is 17.1. The van der Waals surface area contributed by atoms with Gasteiger partial charge in [-0.3, -0.25) is 9.69 Å². The third-order valence-corrected chi connectivity index (χ3v) is 4.67. The fraction of sp³-hybridized carbons (Fsp3) is 0.375. The Hall–Kier alpha value is -2.59. The van der Waals surface area contributed by atoms with Crippen LogP contribution in [0.5, 0.6) is 5.75 Å². The van der Waals surface area contributed by atoms with Crippen molar-refractivity contribution in [1.29, 1.82) is 0 Å². The van der Waals surface area contributed by atoms with E-state index in [-0.39, 0.29) is 5.91 Å². The van der Waals surface area contributed by atoms with Crippen molar-refractivity contribution in [3.8, 4) is 5.75 Å². The normalized spacial score (nSPS) is 11.1. The second-order valence-electron chi connectivity index (χ2n) is 6.82. The molecule has 0 saturated heterocycles. The number of ether oxygens (including phenoxy) is 1. The summed E-state index contributed by atoms with van der Waals surface area (Å²) in [7, 11) is 1.64. The summed E-state index contributed by atoms with van der Waals surface area (Å²) in [5.41, 5.74) is 2.31. The highest BCUT2D eigenvalue weighted by atomic mass is 16.5. The van der Waals surface area contributed by atoms with Crippen LogP contribution in [0, 0.1) is 0 Å². The van der Waals surface area contributed by atoms with Gasteiger partial charge in [0.05, 0.1) is 7.11 Å². The Balaban J connectivity index is 1.59. The minimum Gasteiger partial charge on any atom is -0.497 e. The van der Waals surface area contributed by atoms with E-state index >= 15 is 0 Å². The van der Waals surface area contributed by atoms with Crippen molar-refractivity contribution in [2.75, 3.05) is 26.7 Å². The van der Waals surface area contributed by atoms with Crippen molar-refractivity contribution in [3.05, 3.63) is 71.8 Å². The Morgan fingerprint density at radius 1 is 1.07 bits per heavy atom. The topological polar surface area (TPSA) is 41.6 Å². The number of amides is 1. The molecule has 2 aromatic carbocycles. The highest BCUT2D eigenvalue weighted by molar-refractivity contribution is 5.91. The van der Waals surface area contributed by atoms with E-state index < -0.39 is 0 Å². The number of nitrogens with one attached hydrogen (secondary N) is 1. The van der Waals surface area contributed by atoms with Crippen molar-refractivity contribution < 1.29 is 9.53 Å². The first-order valence-electron chi connectivity index (χ1n) is 10.1. The van der Waals surface area contributed by atoms with Gasteiger partial charge in [0.25, 0.3) is 0 Å². The lowest BCUT2D eigenvalue weighted by Crippen LogP contribution is -2.25. The van der Waals surface area contributed by atoms with Gasteiger partial charge >= 0.3 is 0 Å². The van der Waals surface area contributed by atoms with Gasteiger partial charge in [0.1, 0.15) is 5.75 Å². The molecule has 0 spiro atoms. The smallest absolute Gasteiger partial charge is 0.243 e. The average Bonchev–Trinajstić information content (AvgIpc) is 2.74. The molecule has 2 rings (SSSR count). The molecule has 0 radical (unpaired) electrons. The molecule has 150 valence electrons. The molecule has 0 aliphatic carbocycles. The van der Waals surface area contributed by atoms with E-state index in [1.54, 1.807) is 19.3 Å². The van der Waals surface area contributed by atoms with Gasteiger partial charge in [-0.25, -0.2) is 0 Å². The van der Waals surface area contributed by atoms with Crippen LogP contribution < -0.4 is 10.1 Å². The predicted molar refractivity (Wildman–Crippen MR) is 116 cm³/mol. The molecule has 0 fully saturated rings. The first-order chi connectivity index (χ1) is 13.7. The maximum absolute atomic E-state index is 11.9. The van der Waals surface area contributed by atoms with E-state index in [1.165, 1.54) is 5.56 Å². The average molecular weight is 381 g/mol. The molecule has 4 nitrogen and oxygen atoms in total. The number of carbonyl (C=O) groups excluding carboxylic acids is 1. The number of carbonyl (C=O) groups is 1. The number of nitrogens with zero attached hydrogens (tertiary/aromatic N) is 1. The van der Waals surface area contributed by atoms with Crippen LogP contribution in [-0.4, -0.2) is 37.6 Å². The molecule has 4 heteroatoms. The maximum atomic E-state index is 11.9. The van der Waals surface area contributed by atoms with E-state index in [9.17, 15) is 4.79 Å². The zero-order valence-corrected chi connectivity index (χ0v) is 17.1. The summed E-state index contributed by atoms with van der Waals surface area (Å²) in [6.45, 7) is 6.07. The SMILES string of the molecule is CCN(CCCCCNC(=O)/C=C/c1cccc(OC)c1)Cc1ccccc1. The third kappa shape index (κ3) is 8.40. The molecule has 0 saturated carbocycles. The number of benzene rings is 2. The fourth-order valence-corrected chi connectivity index (χ4v) is 3.02. The van der Waals surface area contributed by atoms with Crippen LogP contribution in [0.3, 0.4) is 0 Å². The highest BCUT2D eigenvalue weighted by Crippen LogP contribution is 2.13. The summed E-state index contributed by atoms with van der Waals surface area (Å²) in [5.74, 6) is 0.734. The molecule has 0 unspecified atom stereocenters. The Labute approximate surface area is 169 Å². The van der Waals surface area contributed by atoms with E-state index in [2.05, 4.69) is 47.5 Å². The van der Waals surface area contributed by atoms with Crippen molar-refractivity contribution in [2.45, 2.75) is 32.7 Å². The molecule has 0 aromatic heterocycles. The summed E-state index contributed by atoms with van der Waals surface area (Å²) < 4.78 is 5.18. The zero-order chi connectivity index (χ0) is 20.0. The van der Waals surface area contributed by atoms with E-state index in [0.717, 1.165) is 50.2 Å². The first-order valence-corrected chi connectivity index (χ1v) is 10.1. The number of methoxy groups -OCH3 is 1. The van der Waals surface area contributed by atoms with E-state index in [0.29, 0.717) is 6.54 Å². The van der Waals surface area contributed by atoms with Crippen LogP contribution in [0.15, 0.2) is 60.7 Å². The number of hydrogen-bond donors (Lipinski definition) is 1. The molecular formula is C24H32N2O2. The molecule has 1 N–H and O–H groups in total. The van der Waals surface area contributed by atoms with Crippen LogP contribution in [0.25, 0.3) is 6.08 Å². The van der Waals surface area contributed by atoms with Crippen molar-refractivity contribution in [1.82, 2.24) is 10.2 Å². The Kier molecular flexibility index (Phi) is 9.87. The molecule has 0 aliphatic rings. The summed E-state index contributed by atoms with van der Waals surface area (Å²) in [4.78, 5) is 14.4. The standard InChI is InChI=1S/C24H32N2O2/c1-3-26(20-22-11-6-4-7-12-22)18-9-5-8-17-25-24(27)16-15-21-13-10-14-23(19-21)28-2/h4,6-7,10-16,19H,3,5,8-9,17-18,20H2,1-2H3,(H,25,27)/b16-15+. The quantitative estimate of drug-likeness (QED) is 0.435. The highest BCUT2D eigenvalue weighted by Gasteiger charge is 2.03. The molecule has 0 atom stereocenters. The van der Waals surface area contributed by atoms with Crippen LogP contribution in [0.4, 0.5) is 0 Å². The first kappa shape index (κ1) is 21.7. The van der Waals surface area contributed by atoms with Crippen LogP contribution >= 0.6 is 0 Å².